The smallest absolute Gasteiger partial charge is 0.251 e. The van der Waals surface area contributed by atoms with Crippen LogP contribution in [0.1, 0.15) is 36.0 Å². The average Bonchev–Trinajstić information content (AvgIpc) is 3.14. The number of carbonyl (C=O) groups excluding carboxylic acids is 1. The number of hydrogen-bond donors (Lipinski definition) is 1. The highest BCUT2D eigenvalue weighted by Crippen LogP contribution is 2.13. The molecule has 0 saturated carbocycles. The quantitative estimate of drug-likeness (QED) is 0.777. The van der Waals surface area contributed by atoms with Crippen molar-refractivity contribution in [3.05, 3.63) is 35.9 Å². The summed E-state index contributed by atoms with van der Waals surface area (Å²) in [7, 11) is 0. The molecule has 0 aliphatic carbocycles. The van der Waals surface area contributed by atoms with Crippen molar-refractivity contribution in [1.82, 2.24) is 10.2 Å². The summed E-state index contributed by atoms with van der Waals surface area (Å²) >= 11 is 0. The maximum absolute atomic E-state index is 12.2. The monoisotopic (exact) mass is 332 g/mol. The van der Waals surface area contributed by atoms with E-state index >= 15 is 0 Å². The number of likely N-dealkylation sites (tertiary alicyclic amines) is 1. The highest BCUT2D eigenvalue weighted by atomic mass is 16.5. The molecule has 0 bridgehead atoms. The second-order valence-corrected chi connectivity index (χ2v) is 6.67. The predicted molar refractivity (Wildman–Crippen MR) is 93.2 cm³/mol. The molecule has 2 saturated heterocycles. The zero-order chi connectivity index (χ0) is 16.6. The van der Waals surface area contributed by atoms with Gasteiger partial charge in [-0.25, -0.2) is 0 Å². The van der Waals surface area contributed by atoms with Gasteiger partial charge in [-0.2, -0.15) is 0 Å². The molecule has 5 nitrogen and oxygen atoms in total. The number of piperidine rings is 1. The van der Waals surface area contributed by atoms with Crippen LogP contribution in [0, 0.1) is 0 Å². The fraction of sp³-hybridized carbons (Fsp3) is 0.632. The Kier molecular flexibility index (Phi) is 6.64. The Morgan fingerprint density at radius 1 is 1.21 bits per heavy atom. The lowest BCUT2D eigenvalue weighted by Gasteiger charge is -2.32. The standard InChI is InChI=1S/C19H28N2O3/c22-19(16-5-2-1-3-6-16)20-17-8-10-21(11-9-17)12-14-23-15-18-7-4-13-24-18/h1-3,5-6,17-18H,4,7-15H2,(H,20,22)/t18-/m0/s1. The van der Waals surface area contributed by atoms with Gasteiger partial charge in [0, 0.05) is 37.8 Å². The number of rotatable bonds is 7. The van der Waals surface area contributed by atoms with Crippen LogP contribution >= 0.6 is 0 Å². The van der Waals surface area contributed by atoms with Crippen molar-refractivity contribution in [2.45, 2.75) is 37.8 Å². The van der Waals surface area contributed by atoms with Crippen molar-refractivity contribution in [2.24, 2.45) is 0 Å². The minimum Gasteiger partial charge on any atom is -0.377 e. The molecule has 2 aliphatic rings. The molecule has 1 amide bonds. The number of benzene rings is 1. The number of nitrogens with zero attached hydrogens (tertiary/aromatic N) is 1. The Labute approximate surface area is 144 Å². The number of carbonyl (C=O) groups is 1. The number of nitrogens with one attached hydrogen (secondary N) is 1. The van der Waals surface area contributed by atoms with E-state index in [1.807, 2.05) is 30.3 Å². The molecule has 2 fully saturated rings. The molecule has 0 aromatic heterocycles. The van der Waals surface area contributed by atoms with E-state index < -0.39 is 0 Å². The minimum absolute atomic E-state index is 0.0361. The summed E-state index contributed by atoms with van der Waals surface area (Å²) in [5, 5.41) is 3.15. The molecule has 3 rings (SSSR count). The van der Waals surface area contributed by atoms with Gasteiger partial charge in [0.2, 0.25) is 0 Å². The normalized spacial score (nSPS) is 22.6. The topological polar surface area (TPSA) is 50.8 Å². The van der Waals surface area contributed by atoms with Crippen molar-refractivity contribution in [3.8, 4) is 0 Å². The van der Waals surface area contributed by atoms with E-state index in [0.717, 1.165) is 70.7 Å². The Bertz CT molecular complexity index is 495. The van der Waals surface area contributed by atoms with E-state index in [-0.39, 0.29) is 11.9 Å². The number of amides is 1. The maximum Gasteiger partial charge on any atom is 0.251 e. The van der Waals surface area contributed by atoms with Gasteiger partial charge in [0.1, 0.15) is 0 Å². The van der Waals surface area contributed by atoms with Crippen LogP contribution in [0.3, 0.4) is 0 Å². The Balaban J connectivity index is 1.29. The molecule has 1 aromatic carbocycles. The molecule has 132 valence electrons. The molecule has 1 N–H and O–H groups in total. The van der Waals surface area contributed by atoms with E-state index in [0.29, 0.717) is 6.10 Å². The van der Waals surface area contributed by atoms with Crippen LogP contribution < -0.4 is 5.32 Å². The van der Waals surface area contributed by atoms with Crippen molar-refractivity contribution in [2.75, 3.05) is 39.5 Å². The van der Waals surface area contributed by atoms with Gasteiger partial charge in [-0.05, 0) is 37.8 Å². The summed E-state index contributed by atoms with van der Waals surface area (Å²) in [6.45, 7) is 5.37. The molecular weight excluding hydrogens is 304 g/mol. The summed E-state index contributed by atoms with van der Waals surface area (Å²) in [4.78, 5) is 14.6. The summed E-state index contributed by atoms with van der Waals surface area (Å²) in [6, 6.07) is 9.71. The molecule has 0 radical (unpaired) electrons. The van der Waals surface area contributed by atoms with Gasteiger partial charge in [-0.15, -0.1) is 0 Å². The average molecular weight is 332 g/mol. The molecule has 0 unspecified atom stereocenters. The van der Waals surface area contributed by atoms with Gasteiger partial charge < -0.3 is 19.7 Å². The largest absolute Gasteiger partial charge is 0.377 e. The van der Waals surface area contributed by atoms with Crippen LogP contribution in [0.25, 0.3) is 0 Å². The third kappa shape index (κ3) is 5.30. The van der Waals surface area contributed by atoms with E-state index in [4.69, 9.17) is 9.47 Å². The van der Waals surface area contributed by atoms with Gasteiger partial charge in [-0.1, -0.05) is 18.2 Å². The van der Waals surface area contributed by atoms with Crippen LogP contribution in [0.4, 0.5) is 0 Å². The Morgan fingerprint density at radius 3 is 2.71 bits per heavy atom. The van der Waals surface area contributed by atoms with Gasteiger partial charge in [-0.3, -0.25) is 4.79 Å². The molecule has 1 aromatic rings. The highest BCUT2D eigenvalue weighted by molar-refractivity contribution is 5.94. The molecule has 1 atom stereocenters. The zero-order valence-electron chi connectivity index (χ0n) is 14.3. The number of ether oxygens (including phenoxy) is 2. The Hall–Kier alpha value is -1.43. The third-order valence-electron chi connectivity index (χ3n) is 4.84. The van der Waals surface area contributed by atoms with Gasteiger partial charge in [0.15, 0.2) is 0 Å². The summed E-state index contributed by atoms with van der Waals surface area (Å²) < 4.78 is 11.3. The molecule has 2 heterocycles. The Morgan fingerprint density at radius 2 is 2.00 bits per heavy atom. The first kappa shape index (κ1) is 17.4. The van der Waals surface area contributed by atoms with Gasteiger partial charge in [0.05, 0.1) is 19.3 Å². The second-order valence-electron chi connectivity index (χ2n) is 6.67. The lowest BCUT2D eigenvalue weighted by Crippen LogP contribution is -2.45. The SMILES string of the molecule is O=C(NC1CCN(CCOC[C@@H]2CCCO2)CC1)c1ccccc1. The van der Waals surface area contributed by atoms with Crippen LogP contribution in [0.5, 0.6) is 0 Å². The highest BCUT2D eigenvalue weighted by Gasteiger charge is 2.21. The van der Waals surface area contributed by atoms with E-state index in [1.54, 1.807) is 0 Å². The van der Waals surface area contributed by atoms with Crippen LogP contribution in [-0.4, -0.2) is 62.4 Å². The third-order valence-corrected chi connectivity index (χ3v) is 4.84. The van der Waals surface area contributed by atoms with Crippen molar-refractivity contribution in [3.63, 3.8) is 0 Å². The lowest BCUT2D eigenvalue weighted by atomic mass is 10.0. The maximum atomic E-state index is 12.2. The van der Waals surface area contributed by atoms with E-state index in [1.165, 1.54) is 0 Å². The first-order valence-corrected chi connectivity index (χ1v) is 9.09. The molecule has 2 aliphatic heterocycles. The molecule has 24 heavy (non-hydrogen) atoms. The second kappa shape index (κ2) is 9.16. The van der Waals surface area contributed by atoms with Gasteiger partial charge >= 0.3 is 0 Å². The predicted octanol–water partition coefficient (Wildman–Crippen LogP) is 2.08. The minimum atomic E-state index is 0.0361. The van der Waals surface area contributed by atoms with E-state index in [9.17, 15) is 4.79 Å². The molecule has 5 heteroatoms. The van der Waals surface area contributed by atoms with Gasteiger partial charge in [0.25, 0.3) is 5.91 Å². The van der Waals surface area contributed by atoms with Crippen molar-refractivity contribution >= 4 is 5.91 Å². The fourth-order valence-electron chi connectivity index (χ4n) is 3.34. The van der Waals surface area contributed by atoms with Crippen molar-refractivity contribution < 1.29 is 14.3 Å². The lowest BCUT2D eigenvalue weighted by molar-refractivity contribution is 0.00855. The van der Waals surface area contributed by atoms with Crippen LogP contribution in [0.15, 0.2) is 30.3 Å². The molecule has 0 spiro atoms. The first-order valence-electron chi connectivity index (χ1n) is 9.09. The molecular formula is C19H28N2O3. The summed E-state index contributed by atoms with van der Waals surface area (Å²) in [5.74, 6) is 0.0361. The first-order chi connectivity index (χ1) is 11.8. The summed E-state index contributed by atoms with van der Waals surface area (Å²) in [5.41, 5.74) is 0.738. The number of hydrogen-bond acceptors (Lipinski definition) is 4. The van der Waals surface area contributed by atoms with Crippen LogP contribution in [0.2, 0.25) is 0 Å². The fourth-order valence-corrected chi connectivity index (χ4v) is 3.34. The van der Waals surface area contributed by atoms with E-state index in [2.05, 4.69) is 10.2 Å². The summed E-state index contributed by atoms with van der Waals surface area (Å²) in [6.07, 6.45) is 4.61. The van der Waals surface area contributed by atoms with Crippen LogP contribution in [-0.2, 0) is 9.47 Å². The zero-order valence-corrected chi connectivity index (χ0v) is 14.3. The van der Waals surface area contributed by atoms with Crippen molar-refractivity contribution in [1.29, 1.82) is 0 Å².